The fourth-order valence-corrected chi connectivity index (χ4v) is 3.27. The van der Waals surface area contributed by atoms with Gasteiger partial charge < -0.3 is 9.42 Å². The zero-order chi connectivity index (χ0) is 19.1. The molecule has 2 heterocycles. The van der Waals surface area contributed by atoms with Gasteiger partial charge in [-0.1, -0.05) is 22.8 Å². The van der Waals surface area contributed by atoms with Gasteiger partial charge in [-0.25, -0.2) is 8.78 Å². The second-order valence-corrected chi connectivity index (χ2v) is 6.78. The smallest absolute Gasteiger partial charge is 0.232 e. The van der Waals surface area contributed by atoms with Crippen molar-refractivity contribution < 1.29 is 18.1 Å². The van der Waals surface area contributed by atoms with Crippen LogP contribution in [0.1, 0.15) is 23.8 Å². The van der Waals surface area contributed by atoms with Crippen molar-refractivity contribution >= 4 is 23.2 Å². The monoisotopic (exact) mass is 389 g/mol. The maximum absolute atomic E-state index is 13.8. The molecule has 27 heavy (non-hydrogen) atoms. The Morgan fingerprint density at radius 2 is 2.04 bits per heavy atom. The van der Waals surface area contributed by atoms with Crippen molar-refractivity contribution in [3.63, 3.8) is 0 Å². The molecule has 1 aliphatic rings. The molecule has 1 fully saturated rings. The molecule has 1 aromatic heterocycles. The van der Waals surface area contributed by atoms with E-state index in [1.165, 1.54) is 23.1 Å². The van der Waals surface area contributed by atoms with Crippen LogP contribution in [-0.2, 0) is 4.79 Å². The predicted molar refractivity (Wildman–Crippen MR) is 95.6 cm³/mol. The van der Waals surface area contributed by atoms with E-state index in [9.17, 15) is 13.6 Å². The standard InChI is InChI=1S/C19H14ClF2N3O2/c1-10-14(21)3-2-4-16(10)25-9-12(8-17(25)26)19-23-18(24-27-19)11-5-6-13(20)15(22)7-11/h2-7,12H,8-9H2,1H3. The first-order valence-electron chi connectivity index (χ1n) is 8.28. The molecule has 1 atom stereocenters. The summed E-state index contributed by atoms with van der Waals surface area (Å²) >= 11 is 5.68. The quantitative estimate of drug-likeness (QED) is 0.662. The molecule has 5 nitrogen and oxygen atoms in total. The van der Waals surface area contributed by atoms with Gasteiger partial charge in [0, 0.05) is 29.8 Å². The maximum Gasteiger partial charge on any atom is 0.232 e. The highest BCUT2D eigenvalue weighted by Crippen LogP contribution is 2.34. The van der Waals surface area contributed by atoms with Crippen LogP contribution in [0.15, 0.2) is 40.9 Å². The van der Waals surface area contributed by atoms with Crippen LogP contribution >= 0.6 is 11.6 Å². The van der Waals surface area contributed by atoms with Crippen molar-refractivity contribution in [2.24, 2.45) is 0 Å². The Morgan fingerprint density at radius 3 is 2.81 bits per heavy atom. The highest BCUT2D eigenvalue weighted by Gasteiger charge is 2.36. The summed E-state index contributed by atoms with van der Waals surface area (Å²) in [4.78, 5) is 18.2. The molecule has 1 saturated heterocycles. The van der Waals surface area contributed by atoms with Crippen LogP contribution in [0.4, 0.5) is 14.5 Å². The van der Waals surface area contributed by atoms with Crippen LogP contribution < -0.4 is 4.90 Å². The number of hydrogen-bond donors (Lipinski definition) is 0. The molecule has 0 aliphatic carbocycles. The van der Waals surface area contributed by atoms with E-state index in [1.54, 1.807) is 25.1 Å². The van der Waals surface area contributed by atoms with Crippen LogP contribution in [-0.4, -0.2) is 22.6 Å². The van der Waals surface area contributed by atoms with Gasteiger partial charge in [0.1, 0.15) is 11.6 Å². The van der Waals surface area contributed by atoms with Crippen LogP contribution in [0.3, 0.4) is 0 Å². The lowest BCUT2D eigenvalue weighted by Crippen LogP contribution is -2.25. The van der Waals surface area contributed by atoms with Crippen molar-refractivity contribution in [2.75, 3.05) is 11.4 Å². The SMILES string of the molecule is Cc1c(F)cccc1N1CC(c2nc(-c3ccc(Cl)c(F)c3)no2)CC1=O. The number of anilines is 1. The molecule has 3 aromatic rings. The third kappa shape index (κ3) is 3.19. The second kappa shape index (κ2) is 6.74. The molecule has 0 bridgehead atoms. The Balaban J connectivity index is 1.59. The summed E-state index contributed by atoms with van der Waals surface area (Å²) in [6.07, 6.45) is 0.173. The van der Waals surface area contributed by atoms with Gasteiger partial charge in [0.25, 0.3) is 0 Å². The summed E-state index contributed by atoms with van der Waals surface area (Å²) < 4.78 is 32.7. The first-order valence-corrected chi connectivity index (χ1v) is 8.66. The molecule has 0 spiro atoms. The molecular formula is C19H14ClF2N3O2. The minimum atomic E-state index is -0.579. The predicted octanol–water partition coefficient (Wildman–Crippen LogP) is 4.50. The lowest BCUT2D eigenvalue weighted by atomic mass is 10.1. The third-order valence-electron chi connectivity index (χ3n) is 4.62. The minimum absolute atomic E-state index is 0.00460. The van der Waals surface area contributed by atoms with E-state index in [-0.39, 0.29) is 40.8 Å². The van der Waals surface area contributed by atoms with E-state index >= 15 is 0 Å². The zero-order valence-corrected chi connectivity index (χ0v) is 15.0. The molecule has 8 heteroatoms. The molecule has 2 aromatic carbocycles. The van der Waals surface area contributed by atoms with Gasteiger partial charge >= 0.3 is 0 Å². The van der Waals surface area contributed by atoms with Crippen LogP contribution in [0.2, 0.25) is 5.02 Å². The highest BCUT2D eigenvalue weighted by atomic mass is 35.5. The summed E-state index contributed by atoms with van der Waals surface area (Å²) in [5, 5.41) is 3.88. The van der Waals surface area contributed by atoms with Gasteiger partial charge in [-0.15, -0.1) is 0 Å². The van der Waals surface area contributed by atoms with Crippen molar-refractivity contribution in [1.82, 2.24) is 10.1 Å². The van der Waals surface area contributed by atoms with Gasteiger partial charge in [-0.2, -0.15) is 4.98 Å². The fourth-order valence-electron chi connectivity index (χ4n) is 3.15. The van der Waals surface area contributed by atoms with Gasteiger partial charge in [-0.05, 0) is 37.3 Å². The largest absolute Gasteiger partial charge is 0.339 e. The van der Waals surface area contributed by atoms with Gasteiger partial charge in [0.2, 0.25) is 17.6 Å². The summed E-state index contributed by atoms with van der Waals surface area (Å²) in [6, 6.07) is 8.84. The van der Waals surface area contributed by atoms with E-state index < -0.39 is 5.82 Å². The van der Waals surface area contributed by atoms with E-state index in [2.05, 4.69) is 10.1 Å². The number of benzene rings is 2. The minimum Gasteiger partial charge on any atom is -0.339 e. The number of aromatic nitrogens is 2. The highest BCUT2D eigenvalue weighted by molar-refractivity contribution is 6.30. The lowest BCUT2D eigenvalue weighted by Gasteiger charge is -2.18. The van der Waals surface area contributed by atoms with Crippen molar-refractivity contribution in [3.05, 3.63) is 64.5 Å². The fraction of sp³-hybridized carbons (Fsp3) is 0.211. The molecule has 0 N–H and O–H groups in total. The summed E-state index contributed by atoms with van der Waals surface area (Å²) in [5.74, 6) is -0.916. The molecule has 1 aliphatic heterocycles. The van der Waals surface area contributed by atoms with Gasteiger partial charge in [0.15, 0.2) is 0 Å². The molecule has 4 rings (SSSR count). The second-order valence-electron chi connectivity index (χ2n) is 6.37. The Kier molecular flexibility index (Phi) is 4.39. The number of rotatable bonds is 3. The molecular weight excluding hydrogens is 376 g/mol. The van der Waals surface area contributed by atoms with E-state index in [0.717, 1.165) is 0 Å². The number of nitrogens with zero attached hydrogens (tertiary/aromatic N) is 3. The molecule has 0 radical (unpaired) electrons. The first kappa shape index (κ1) is 17.6. The summed E-state index contributed by atoms with van der Waals surface area (Å²) in [5.41, 5.74) is 1.37. The number of amides is 1. The number of carbonyl (C=O) groups is 1. The summed E-state index contributed by atoms with van der Waals surface area (Å²) in [7, 11) is 0. The Bertz CT molecular complexity index is 1040. The van der Waals surface area contributed by atoms with Crippen molar-refractivity contribution in [3.8, 4) is 11.4 Å². The van der Waals surface area contributed by atoms with Crippen LogP contribution in [0, 0.1) is 18.6 Å². The average Bonchev–Trinajstić information content (AvgIpc) is 3.27. The topological polar surface area (TPSA) is 59.2 Å². The van der Waals surface area contributed by atoms with Crippen molar-refractivity contribution in [2.45, 2.75) is 19.3 Å². The normalized spacial score (nSPS) is 17.0. The van der Waals surface area contributed by atoms with E-state index in [4.69, 9.17) is 16.1 Å². The van der Waals surface area contributed by atoms with Crippen LogP contribution in [0.5, 0.6) is 0 Å². The molecule has 138 valence electrons. The molecule has 1 unspecified atom stereocenters. The number of carbonyl (C=O) groups excluding carboxylic acids is 1. The Morgan fingerprint density at radius 1 is 1.22 bits per heavy atom. The number of hydrogen-bond acceptors (Lipinski definition) is 4. The van der Waals surface area contributed by atoms with Gasteiger partial charge in [0.05, 0.1) is 10.9 Å². The average molecular weight is 390 g/mol. The first-order chi connectivity index (χ1) is 12.9. The van der Waals surface area contributed by atoms with Crippen LogP contribution in [0.25, 0.3) is 11.4 Å². The number of halogens is 3. The Labute approximate surface area is 158 Å². The van der Waals surface area contributed by atoms with E-state index in [1.807, 2.05) is 0 Å². The summed E-state index contributed by atoms with van der Waals surface area (Å²) in [6.45, 7) is 1.94. The third-order valence-corrected chi connectivity index (χ3v) is 4.93. The molecule has 1 amide bonds. The van der Waals surface area contributed by atoms with E-state index in [0.29, 0.717) is 23.4 Å². The maximum atomic E-state index is 13.8. The lowest BCUT2D eigenvalue weighted by molar-refractivity contribution is -0.117. The molecule has 0 saturated carbocycles. The van der Waals surface area contributed by atoms with Gasteiger partial charge in [-0.3, -0.25) is 4.79 Å². The zero-order valence-electron chi connectivity index (χ0n) is 14.2. The van der Waals surface area contributed by atoms with Crippen molar-refractivity contribution in [1.29, 1.82) is 0 Å². The Hall–Kier alpha value is -2.80.